The summed E-state index contributed by atoms with van der Waals surface area (Å²) in [7, 11) is 1.57. The standard InChI is InChI=1S/C49H71N13O10/c1-6-29(4)41(46(69)58-36(24-32-25-53-27-55-32)47(70)62-21-11-15-38(62)44(67)59-37(48(71)72)23-30-12-8-7-9-13-30)61-43(66)35(22-31-16-18-33(63)19-17-31)57-45(68)40(28(2)3)60-42(65)34(56-39(64)26-52-5)14-10-20-54-49(50)51/h7-9,12-13,16-19,25,27-29,34-38,40-41,52,63H,6,10-11,14-15,20-24,26H2,1-5H3,(H,53,55)(H,56,64)(H,57,68)(H,58,69)(H,59,67)(H,60,65)(H,61,66)(H,71,72)(H4,50,51,54)/t29-,34+,35+,36+,37+,38+,40+,41+/m1/s1. The van der Waals surface area contributed by atoms with Crippen LogP contribution in [-0.2, 0) is 57.6 Å². The maximum Gasteiger partial charge on any atom is 0.326 e. The molecule has 23 heteroatoms. The lowest BCUT2D eigenvalue weighted by Crippen LogP contribution is -2.62. The molecule has 2 heterocycles. The Labute approximate surface area is 418 Å². The average molecular weight is 1000 g/mol. The van der Waals surface area contributed by atoms with Gasteiger partial charge >= 0.3 is 5.97 Å². The Morgan fingerprint density at radius 3 is 2.01 bits per heavy atom. The Kier molecular flexibility index (Phi) is 22.4. The number of aromatic nitrogens is 2. The lowest BCUT2D eigenvalue weighted by Gasteiger charge is -2.32. The molecule has 2 aromatic carbocycles. The molecule has 392 valence electrons. The van der Waals surface area contributed by atoms with E-state index in [9.17, 15) is 48.6 Å². The summed E-state index contributed by atoms with van der Waals surface area (Å²) in [6, 6.07) is 6.24. The summed E-state index contributed by atoms with van der Waals surface area (Å²) in [6.45, 7) is 7.15. The summed E-state index contributed by atoms with van der Waals surface area (Å²) < 4.78 is 0. The minimum atomic E-state index is -1.35. The molecule has 1 aliphatic heterocycles. The average Bonchev–Trinajstić information content (AvgIpc) is 4.06. The number of carboxylic acid groups (broad SMARTS) is 1. The quantitative estimate of drug-likeness (QED) is 0.0239. The van der Waals surface area contributed by atoms with Gasteiger partial charge in [0.1, 0.15) is 48.0 Å². The number of phenolic OH excluding ortho intramolecular Hbond substituents is 1. The Bertz CT molecular complexity index is 2310. The van der Waals surface area contributed by atoms with Crippen LogP contribution in [0.15, 0.2) is 72.1 Å². The molecule has 0 spiro atoms. The minimum absolute atomic E-state index is 0.0144. The van der Waals surface area contributed by atoms with Crippen LogP contribution < -0.4 is 48.7 Å². The first kappa shape index (κ1) is 57.0. The largest absolute Gasteiger partial charge is 0.508 e. The number of hydrogen-bond acceptors (Lipinski definition) is 12. The first-order valence-corrected chi connectivity index (χ1v) is 24.1. The highest BCUT2D eigenvalue weighted by molar-refractivity contribution is 5.98. The number of nitrogens with one attached hydrogen (secondary N) is 8. The number of H-pyrrole nitrogens is 1. The third-order valence-corrected chi connectivity index (χ3v) is 12.3. The zero-order valence-corrected chi connectivity index (χ0v) is 41.5. The normalized spacial score (nSPS) is 16.1. The van der Waals surface area contributed by atoms with Crippen LogP contribution in [-0.4, -0.2) is 147 Å². The number of carbonyl (C=O) groups is 8. The number of carboxylic acids is 1. The number of aliphatic carboxylic acids is 1. The first-order chi connectivity index (χ1) is 34.3. The number of aromatic hydroxyl groups is 1. The molecular formula is C49H71N13O10. The Morgan fingerprint density at radius 2 is 1.40 bits per heavy atom. The van der Waals surface area contributed by atoms with Gasteiger partial charge in [0, 0.05) is 44.2 Å². The molecule has 3 aromatic rings. The van der Waals surface area contributed by atoms with Crippen LogP contribution in [0.5, 0.6) is 5.75 Å². The van der Waals surface area contributed by atoms with E-state index in [2.05, 4.69) is 52.2 Å². The molecule has 0 radical (unpaired) electrons. The van der Waals surface area contributed by atoms with Crippen molar-refractivity contribution in [1.82, 2.24) is 52.1 Å². The number of hydrogen-bond donors (Lipinski definition) is 12. The van der Waals surface area contributed by atoms with Crippen molar-refractivity contribution < 1.29 is 48.6 Å². The summed E-state index contributed by atoms with van der Waals surface area (Å²) in [5.74, 6) is -7.15. The summed E-state index contributed by atoms with van der Waals surface area (Å²) in [5, 5.41) is 39.1. The molecule has 0 unspecified atom stereocenters. The molecule has 4 rings (SSSR count). The van der Waals surface area contributed by atoms with Crippen LogP contribution in [0.3, 0.4) is 0 Å². The fourth-order valence-electron chi connectivity index (χ4n) is 8.16. The summed E-state index contributed by atoms with van der Waals surface area (Å²) in [6.07, 6.45) is 4.20. The molecule has 0 bridgehead atoms. The van der Waals surface area contributed by atoms with Crippen molar-refractivity contribution in [1.29, 1.82) is 0 Å². The predicted octanol–water partition coefficient (Wildman–Crippen LogP) is -0.897. The van der Waals surface area contributed by atoms with E-state index in [0.717, 1.165) is 0 Å². The number of imidazole rings is 1. The summed E-state index contributed by atoms with van der Waals surface area (Å²) in [4.78, 5) is 122. The molecule has 1 aliphatic rings. The van der Waals surface area contributed by atoms with Crippen molar-refractivity contribution in [2.75, 3.05) is 26.7 Å². The van der Waals surface area contributed by atoms with Gasteiger partial charge in [0.05, 0.1) is 12.9 Å². The van der Waals surface area contributed by atoms with E-state index in [0.29, 0.717) is 36.1 Å². The number of nitrogens with two attached hydrogens (primary N) is 2. The number of aromatic amines is 1. The Morgan fingerprint density at radius 1 is 0.778 bits per heavy atom. The van der Waals surface area contributed by atoms with Gasteiger partial charge in [-0.3, -0.25) is 38.6 Å². The van der Waals surface area contributed by atoms with Crippen molar-refractivity contribution in [2.45, 2.75) is 121 Å². The summed E-state index contributed by atoms with van der Waals surface area (Å²) >= 11 is 0. The fraction of sp³-hybridized carbons (Fsp3) is 0.510. The lowest BCUT2D eigenvalue weighted by molar-refractivity contribution is -0.145. The third kappa shape index (κ3) is 17.7. The number of guanidine groups is 1. The van der Waals surface area contributed by atoms with Crippen molar-refractivity contribution >= 4 is 53.3 Å². The number of likely N-dealkylation sites (N-methyl/N-ethyl adjacent to an activating group) is 1. The lowest BCUT2D eigenvalue weighted by atomic mass is 9.96. The van der Waals surface area contributed by atoms with Crippen LogP contribution in [0.2, 0.25) is 0 Å². The molecule has 1 saturated heterocycles. The number of benzene rings is 2. The van der Waals surface area contributed by atoms with Crippen LogP contribution >= 0.6 is 0 Å². The number of nitrogens with zero attached hydrogens (tertiary/aromatic N) is 3. The Balaban J connectivity index is 1.58. The molecule has 14 N–H and O–H groups in total. The second kappa shape index (κ2) is 28.3. The van der Waals surface area contributed by atoms with Gasteiger partial charge in [-0.05, 0) is 67.8 Å². The smallest absolute Gasteiger partial charge is 0.326 e. The van der Waals surface area contributed by atoms with Gasteiger partial charge in [-0.15, -0.1) is 0 Å². The van der Waals surface area contributed by atoms with Gasteiger partial charge in [-0.25, -0.2) is 9.78 Å². The molecule has 8 atom stereocenters. The van der Waals surface area contributed by atoms with E-state index in [-0.39, 0.29) is 63.4 Å². The summed E-state index contributed by atoms with van der Waals surface area (Å²) in [5.41, 5.74) is 12.6. The number of likely N-dealkylation sites (tertiary alicyclic amines) is 1. The molecule has 7 amide bonds. The molecule has 0 aliphatic carbocycles. The number of phenols is 1. The Hall–Kier alpha value is -7.56. The van der Waals surface area contributed by atoms with E-state index in [1.54, 1.807) is 77.2 Å². The highest BCUT2D eigenvalue weighted by Gasteiger charge is 2.41. The second-order valence-electron chi connectivity index (χ2n) is 18.3. The maximum atomic E-state index is 14.5. The first-order valence-electron chi connectivity index (χ1n) is 24.1. The van der Waals surface area contributed by atoms with Crippen molar-refractivity contribution in [3.8, 4) is 5.75 Å². The van der Waals surface area contributed by atoms with Gasteiger partial charge in [-0.1, -0.05) is 76.6 Å². The maximum absolute atomic E-state index is 14.5. The number of aliphatic imine (C=N–C) groups is 1. The van der Waals surface area contributed by atoms with Crippen molar-refractivity contribution in [2.24, 2.45) is 28.3 Å². The molecule has 72 heavy (non-hydrogen) atoms. The molecule has 23 nitrogen and oxygen atoms in total. The highest BCUT2D eigenvalue weighted by atomic mass is 16.4. The predicted molar refractivity (Wildman–Crippen MR) is 266 cm³/mol. The van der Waals surface area contributed by atoms with E-state index in [4.69, 9.17) is 11.5 Å². The van der Waals surface area contributed by atoms with E-state index in [1.165, 1.54) is 29.6 Å². The zero-order valence-electron chi connectivity index (χ0n) is 41.5. The van der Waals surface area contributed by atoms with E-state index in [1.807, 2.05) is 0 Å². The van der Waals surface area contributed by atoms with E-state index >= 15 is 0 Å². The van der Waals surface area contributed by atoms with Gasteiger partial charge < -0.3 is 68.8 Å². The van der Waals surface area contributed by atoms with Crippen LogP contribution in [0.25, 0.3) is 0 Å². The number of rotatable bonds is 28. The number of amides is 7. The van der Waals surface area contributed by atoms with Crippen LogP contribution in [0.1, 0.15) is 76.6 Å². The number of carbonyl (C=O) groups excluding carboxylic acids is 7. The van der Waals surface area contributed by atoms with Crippen LogP contribution in [0.4, 0.5) is 0 Å². The van der Waals surface area contributed by atoms with Gasteiger partial charge in [0.2, 0.25) is 41.4 Å². The highest BCUT2D eigenvalue weighted by Crippen LogP contribution is 2.21. The van der Waals surface area contributed by atoms with Gasteiger partial charge in [-0.2, -0.15) is 0 Å². The molecular weight excluding hydrogens is 931 g/mol. The topological polar surface area (TPSA) is 358 Å². The monoisotopic (exact) mass is 1000 g/mol. The molecule has 0 saturated carbocycles. The minimum Gasteiger partial charge on any atom is -0.508 e. The second-order valence-corrected chi connectivity index (χ2v) is 18.3. The fourth-order valence-corrected chi connectivity index (χ4v) is 8.16. The molecule has 1 fully saturated rings. The third-order valence-electron chi connectivity index (χ3n) is 12.3. The van der Waals surface area contributed by atoms with Gasteiger partial charge in [0.15, 0.2) is 5.96 Å². The van der Waals surface area contributed by atoms with Gasteiger partial charge in [0.25, 0.3) is 0 Å². The zero-order chi connectivity index (χ0) is 52.9. The molecule has 1 aromatic heterocycles. The van der Waals surface area contributed by atoms with Crippen LogP contribution in [0, 0.1) is 11.8 Å². The van der Waals surface area contributed by atoms with Crippen molar-refractivity contribution in [3.05, 3.63) is 83.9 Å². The van der Waals surface area contributed by atoms with Crippen molar-refractivity contribution in [3.63, 3.8) is 0 Å². The van der Waals surface area contributed by atoms with E-state index < -0.39 is 101 Å². The SMILES string of the molecule is CC[C@@H](C)[C@H](NC(=O)[C@H](Cc1ccc(O)cc1)NC(=O)[C@@H](NC(=O)[C@H](CCCN=C(N)N)NC(=O)CNC)C(C)C)C(=O)N[C@@H](Cc1cnc[nH]1)C(=O)N1CCC[C@H]1C(=O)N[C@@H](Cc1ccccc1)C(=O)O.